The Balaban J connectivity index is 2.65. The highest BCUT2D eigenvalue weighted by Crippen LogP contribution is 2.31. The zero-order chi connectivity index (χ0) is 12.9. The SMILES string of the molecule is CCCc1noc(CC(CCN)C(F)(F)F)n1. The number of alkyl halides is 3. The van der Waals surface area contributed by atoms with Crippen LogP contribution in [0, 0.1) is 5.92 Å². The quantitative estimate of drug-likeness (QED) is 0.840. The topological polar surface area (TPSA) is 64.9 Å². The van der Waals surface area contributed by atoms with E-state index in [1.54, 1.807) is 0 Å². The molecule has 0 bridgehead atoms. The lowest BCUT2D eigenvalue weighted by atomic mass is 10.0. The predicted octanol–water partition coefficient (Wildman–Crippen LogP) is 2.09. The molecule has 0 fully saturated rings. The average molecular weight is 251 g/mol. The zero-order valence-electron chi connectivity index (χ0n) is 9.63. The van der Waals surface area contributed by atoms with Gasteiger partial charge < -0.3 is 10.3 Å². The van der Waals surface area contributed by atoms with Crippen molar-refractivity contribution in [1.29, 1.82) is 0 Å². The minimum absolute atomic E-state index is 0.0138. The average Bonchev–Trinajstić information content (AvgIpc) is 2.64. The molecule has 0 aromatic carbocycles. The van der Waals surface area contributed by atoms with Crippen LogP contribution in [0.3, 0.4) is 0 Å². The van der Waals surface area contributed by atoms with Crippen LogP contribution in [-0.4, -0.2) is 22.9 Å². The third-order valence-corrected chi connectivity index (χ3v) is 2.38. The smallest absolute Gasteiger partial charge is 0.339 e. The van der Waals surface area contributed by atoms with E-state index in [0.717, 1.165) is 6.42 Å². The van der Waals surface area contributed by atoms with E-state index in [-0.39, 0.29) is 25.3 Å². The molecule has 0 saturated heterocycles. The van der Waals surface area contributed by atoms with E-state index in [9.17, 15) is 13.2 Å². The van der Waals surface area contributed by atoms with Crippen molar-refractivity contribution in [3.8, 4) is 0 Å². The van der Waals surface area contributed by atoms with Crippen molar-refractivity contribution in [2.24, 2.45) is 11.7 Å². The Kier molecular flexibility index (Phi) is 4.92. The maximum Gasteiger partial charge on any atom is 0.392 e. The summed E-state index contributed by atoms with van der Waals surface area (Å²) in [5.74, 6) is -1.03. The molecule has 0 spiro atoms. The van der Waals surface area contributed by atoms with Gasteiger partial charge in [-0.25, -0.2) is 0 Å². The molecule has 1 rings (SSSR count). The van der Waals surface area contributed by atoms with E-state index >= 15 is 0 Å². The van der Waals surface area contributed by atoms with Gasteiger partial charge in [0.25, 0.3) is 0 Å². The highest BCUT2D eigenvalue weighted by Gasteiger charge is 2.39. The summed E-state index contributed by atoms with van der Waals surface area (Å²) >= 11 is 0. The summed E-state index contributed by atoms with van der Waals surface area (Å²) in [6.45, 7) is 1.92. The molecule has 2 N–H and O–H groups in total. The number of halogens is 3. The van der Waals surface area contributed by atoms with E-state index in [4.69, 9.17) is 10.3 Å². The van der Waals surface area contributed by atoms with E-state index in [1.165, 1.54) is 0 Å². The molecule has 0 aliphatic carbocycles. The van der Waals surface area contributed by atoms with Crippen LogP contribution in [0.15, 0.2) is 4.52 Å². The first-order valence-corrected chi connectivity index (χ1v) is 5.55. The summed E-state index contributed by atoms with van der Waals surface area (Å²) in [5.41, 5.74) is 5.17. The van der Waals surface area contributed by atoms with Crippen molar-refractivity contribution in [3.63, 3.8) is 0 Å². The van der Waals surface area contributed by atoms with Gasteiger partial charge in [-0.1, -0.05) is 12.1 Å². The maximum absolute atomic E-state index is 12.6. The summed E-state index contributed by atoms with van der Waals surface area (Å²) in [4.78, 5) is 3.92. The Bertz CT molecular complexity index is 338. The molecule has 98 valence electrons. The molecular formula is C10H16F3N3O. The highest BCUT2D eigenvalue weighted by molar-refractivity contribution is 4.89. The number of rotatable bonds is 6. The molecule has 0 aliphatic rings. The minimum atomic E-state index is -4.28. The maximum atomic E-state index is 12.6. The molecule has 0 saturated carbocycles. The second-order valence-corrected chi connectivity index (χ2v) is 3.87. The first-order chi connectivity index (χ1) is 7.97. The summed E-state index contributed by atoms with van der Waals surface area (Å²) in [7, 11) is 0. The van der Waals surface area contributed by atoms with Gasteiger partial charge in [0.2, 0.25) is 5.89 Å². The van der Waals surface area contributed by atoms with Crippen molar-refractivity contribution in [3.05, 3.63) is 11.7 Å². The molecular weight excluding hydrogens is 235 g/mol. The minimum Gasteiger partial charge on any atom is -0.339 e. The molecule has 7 heteroatoms. The lowest BCUT2D eigenvalue weighted by Gasteiger charge is -2.17. The Hall–Kier alpha value is -1.11. The highest BCUT2D eigenvalue weighted by atomic mass is 19.4. The first kappa shape index (κ1) is 14.0. The molecule has 0 amide bonds. The third-order valence-electron chi connectivity index (χ3n) is 2.38. The van der Waals surface area contributed by atoms with Crippen LogP contribution in [0.2, 0.25) is 0 Å². The van der Waals surface area contributed by atoms with E-state index in [2.05, 4.69) is 10.1 Å². The third kappa shape index (κ3) is 4.33. The lowest BCUT2D eigenvalue weighted by Crippen LogP contribution is -2.27. The van der Waals surface area contributed by atoms with Crippen LogP contribution >= 0.6 is 0 Å². The Morgan fingerprint density at radius 2 is 2.12 bits per heavy atom. The summed E-state index contributed by atoms with van der Waals surface area (Å²) < 4.78 is 42.6. The second-order valence-electron chi connectivity index (χ2n) is 3.87. The van der Waals surface area contributed by atoms with Crippen LogP contribution in [0.5, 0.6) is 0 Å². The van der Waals surface area contributed by atoms with Gasteiger partial charge in [-0.2, -0.15) is 18.2 Å². The van der Waals surface area contributed by atoms with Crippen molar-refractivity contribution in [2.45, 2.75) is 38.8 Å². The monoisotopic (exact) mass is 251 g/mol. The number of nitrogens with two attached hydrogens (primary N) is 1. The van der Waals surface area contributed by atoms with E-state index in [1.807, 2.05) is 6.92 Å². The fourth-order valence-corrected chi connectivity index (χ4v) is 1.49. The fourth-order valence-electron chi connectivity index (χ4n) is 1.49. The van der Waals surface area contributed by atoms with Crippen LogP contribution in [0.4, 0.5) is 13.2 Å². The largest absolute Gasteiger partial charge is 0.392 e. The Morgan fingerprint density at radius 1 is 1.41 bits per heavy atom. The lowest BCUT2D eigenvalue weighted by molar-refractivity contribution is -0.176. The van der Waals surface area contributed by atoms with E-state index in [0.29, 0.717) is 12.2 Å². The molecule has 1 atom stereocenters. The molecule has 4 nitrogen and oxygen atoms in total. The van der Waals surface area contributed by atoms with Gasteiger partial charge in [-0.3, -0.25) is 0 Å². The number of hydrogen-bond acceptors (Lipinski definition) is 4. The Labute approximate surface area is 97.4 Å². The molecule has 1 unspecified atom stereocenters. The Morgan fingerprint density at radius 3 is 2.65 bits per heavy atom. The van der Waals surface area contributed by atoms with Crippen LogP contribution in [0.25, 0.3) is 0 Å². The van der Waals surface area contributed by atoms with Gasteiger partial charge in [0.1, 0.15) is 0 Å². The van der Waals surface area contributed by atoms with E-state index < -0.39 is 12.1 Å². The van der Waals surface area contributed by atoms with Crippen LogP contribution in [0.1, 0.15) is 31.5 Å². The molecule has 1 heterocycles. The number of nitrogens with zero attached hydrogens (tertiary/aromatic N) is 2. The predicted molar refractivity (Wildman–Crippen MR) is 55.2 cm³/mol. The summed E-state index contributed by atoms with van der Waals surface area (Å²) in [6, 6.07) is 0. The van der Waals surface area contributed by atoms with Gasteiger partial charge >= 0.3 is 6.18 Å². The van der Waals surface area contributed by atoms with Gasteiger partial charge in [0.05, 0.1) is 5.92 Å². The van der Waals surface area contributed by atoms with Gasteiger partial charge in [0, 0.05) is 12.8 Å². The van der Waals surface area contributed by atoms with Gasteiger partial charge in [-0.15, -0.1) is 0 Å². The first-order valence-electron chi connectivity index (χ1n) is 5.55. The number of hydrogen-bond donors (Lipinski definition) is 1. The number of aryl methyl sites for hydroxylation is 1. The second kappa shape index (κ2) is 6.00. The molecule has 0 radical (unpaired) electrons. The van der Waals surface area contributed by atoms with Crippen molar-refractivity contribution < 1.29 is 17.7 Å². The van der Waals surface area contributed by atoms with Crippen LogP contribution < -0.4 is 5.73 Å². The molecule has 0 aliphatic heterocycles. The van der Waals surface area contributed by atoms with Crippen molar-refractivity contribution in [1.82, 2.24) is 10.1 Å². The van der Waals surface area contributed by atoms with Crippen molar-refractivity contribution in [2.75, 3.05) is 6.54 Å². The molecule has 17 heavy (non-hydrogen) atoms. The fraction of sp³-hybridized carbons (Fsp3) is 0.800. The summed E-state index contributed by atoms with van der Waals surface area (Å²) in [6.07, 6.45) is -3.27. The molecule has 1 aromatic heterocycles. The van der Waals surface area contributed by atoms with Crippen LogP contribution in [-0.2, 0) is 12.8 Å². The normalized spacial score (nSPS) is 13.9. The van der Waals surface area contributed by atoms with Gasteiger partial charge in [0.15, 0.2) is 5.82 Å². The number of aromatic nitrogens is 2. The van der Waals surface area contributed by atoms with Crippen molar-refractivity contribution >= 4 is 0 Å². The summed E-state index contributed by atoms with van der Waals surface area (Å²) in [5, 5.41) is 3.62. The standard InChI is InChI=1S/C10H16F3N3O/c1-2-3-8-15-9(17-16-8)6-7(4-5-14)10(11,12)13/h7H,2-6,14H2,1H3. The zero-order valence-corrected chi connectivity index (χ0v) is 9.63. The van der Waals surface area contributed by atoms with Gasteiger partial charge in [-0.05, 0) is 19.4 Å². The molecule has 1 aromatic rings.